The normalized spacial score (nSPS) is 16.9. The van der Waals surface area contributed by atoms with E-state index in [4.69, 9.17) is 23.8 Å². The van der Waals surface area contributed by atoms with Crippen molar-refractivity contribution in [3.63, 3.8) is 0 Å². The molecule has 0 N–H and O–H groups in total. The largest absolute Gasteiger partial charge is 0.304 e. The number of hydrogen-bond donors (Lipinski definition) is 0. The van der Waals surface area contributed by atoms with E-state index in [0.717, 1.165) is 12.1 Å². The number of benzene rings is 1. The Morgan fingerprint density at radius 3 is 2.48 bits per heavy atom. The van der Waals surface area contributed by atoms with Crippen molar-refractivity contribution in [1.82, 2.24) is 23.6 Å². The lowest BCUT2D eigenvalue weighted by atomic mass is 10.3. The van der Waals surface area contributed by atoms with Gasteiger partial charge in [-0.2, -0.15) is 9.40 Å². The average Bonchev–Trinajstić information content (AvgIpc) is 2.98. The second kappa shape index (κ2) is 7.96. The highest BCUT2D eigenvalue weighted by Crippen LogP contribution is 2.23. The molecule has 0 atom stereocenters. The molecule has 0 amide bonds. The Balaban J connectivity index is 1.66. The summed E-state index contributed by atoms with van der Waals surface area (Å²) in [5, 5.41) is 4.11. The van der Waals surface area contributed by atoms with Crippen LogP contribution in [0.1, 0.15) is 19.9 Å². The summed E-state index contributed by atoms with van der Waals surface area (Å²) < 4.78 is 44.5. The maximum absolute atomic E-state index is 13.3. The zero-order valence-electron chi connectivity index (χ0n) is 15.0. The zero-order valence-corrected chi connectivity index (χ0v) is 17.4. The second-order valence-corrected chi connectivity index (χ2v) is 9.36. The van der Waals surface area contributed by atoms with Crippen molar-refractivity contribution >= 4 is 33.8 Å². The van der Waals surface area contributed by atoms with E-state index in [1.165, 1.54) is 10.4 Å². The van der Waals surface area contributed by atoms with E-state index >= 15 is 0 Å². The van der Waals surface area contributed by atoms with Crippen LogP contribution < -0.4 is 0 Å². The monoisotopic (exact) mass is 433 g/mol. The van der Waals surface area contributed by atoms with Crippen molar-refractivity contribution in [2.45, 2.75) is 31.5 Å². The summed E-state index contributed by atoms with van der Waals surface area (Å²) in [5.41, 5.74) is 0. The highest BCUT2D eigenvalue weighted by molar-refractivity contribution is 7.89. The number of hydrogen-bond acceptors (Lipinski definition) is 5. The SMILES string of the molecule is CC(C)n1cnn(CN2CCN(S(=O)(=O)c3ccc(F)c(Cl)c3)CC2)c1=S. The van der Waals surface area contributed by atoms with Crippen molar-refractivity contribution < 1.29 is 12.8 Å². The molecule has 11 heteroatoms. The predicted octanol–water partition coefficient (Wildman–Crippen LogP) is 2.75. The van der Waals surface area contributed by atoms with Crippen LogP contribution in [-0.2, 0) is 16.7 Å². The standard InChI is InChI=1S/C16H21ClFN5O2S2/c1-12(2)22-10-19-23(16(22)26)11-20-5-7-21(8-6-20)27(24,25)13-3-4-15(18)14(17)9-13/h3-4,9-10,12H,5-8,11H2,1-2H3. The Bertz CT molecular complexity index is 981. The van der Waals surface area contributed by atoms with E-state index in [0.29, 0.717) is 37.6 Å². The molecule has 0 spiro atoms. The van der Waals surface area contributed by atoms with Gasteiger partial charge in [-0.25, -0.2) is 17.5 Å². The lowest BCUT2D eigenvalue weighted by Crippen LogP contribution is -2.48. The summed E-state index contributed by atoms with van der Waals surface area (Å²) in [6.45, 7) is 6.33. The molecule has 0 bridgehead atoms. The van der Waals surface area contributed by atoms with Crippen molar-refractivity contribution in [3.8, 4) is 0 Å². The maximum atomic E-state index is 13.3. The van der Waals surface area contributed by atoms with Gasteiger partial charge in [0.05, 0.1) is 16.6 Å². The number of halogens is 2. The summed E-state index contributed by atoms with van der Waals surface area (Å²) in [5.74, 6) is -0.641. The van der Waals surface area contributed by atoms with Gasteiger partial charge in [-0.15, -0.1) is 0 Å². The third-order valence-electron chi connectivity index (χ3n) is 4.51. The van der Waals surface area contributed by atoms with Gasteiger partial charge < -0.3 is 4.57 Å². The van der Waals surface area contributed by atoms with Crippen LogP contribution in [0.4, 0.5) is 4.39 Å². The fourth-order valence-electron chi connectivity index (χ4n) is 2.89. The molecule has 1 aliphatic rings. The fraction of sp³-hybridized carbons (Fsp3) is 0.500. The van der Waals surface area contributed by atoms with E-state index in [2.05, 4.69) is 10.00 Å². The molecular weight excluding hydrogens is 413 g/mol. The van der Waals surface area contributed by atoms with Crippen LogP contribution in [0.2, 0.25) is 5.02 Å². The number of nitrogens with zero attached hydrogens (tertiary/aromatic N) is 5. The molecule has 1 saturated heterocycles. The van der Waals surface area contributed by atoms with E-state index < -0.39 is 15.8 Å². The zero-order chi connectivity index (χ0) is 19.8. The van der Waals surface area contributed by atoms with Crippen LogP contribution >= 0.6 is 23.8 Å². The minimum absolute atomic E-state index is 0.000228. The first-order valence-electron chi connectivity index (χ1n) is 8.51. The quantitative estimate of drug-likeness (QED) is 0.678. The molecule has 3 rings (SSSR count). The minimum Gasteiger partial charge on any atom is -0.304 e. The lowest BCUT2D eigenvalue weighted by molar-refractivity contribution is 0.144. The highest BCUT2D eigenvalue weighted by atomic mass is 35.5. The average molecular weight is 434 g/mol. The smallest absolute Gasteiger partial charge is 0.243 e. The van der Waals surface area contributed by atoms with Crippen molar-refractivity contribution in [3.05, 3.63) is 40.1 Å². The first-order valence-corrected chi connectivity index (χ1v) is 10.7. The summed E-state index contributed by atoms with van der Waals surface area (Å²) in [6, 6.07) is 3.69. The molecule has 7 nitrogen and oxygen atoms in total. The van der Waals surface area contributed by atoms with Crippen molar-refractivity contribution in [2.75, 3.05) is 26.2 Å². The lowest BCUT2D eigenvalue weighted by Gasteiger charge is -2.33. The molecule has 1 aliphatic heterocycles. The Kier molecular flexibility index (Phi) is 6.02. The van der Waals surface area contributed by atoms with Gasteiger partial charge >= 0.3 is 0 Å². The molecule has 0 aliphatic carbocycles. The van der Waals surface area contributed by atoms with E-state index in [1.807, 2.05) is 18.4 Å². The first kappa shape index (κ1) is 20.4. The van der Waals surface area contributed by atoms with Crippen molar-refractivity contribution in [2.24, 2.45) is 0 Å². The molecule has 148 valence electrons. The molecule has 2 aromatic rings. The molecule has 0 unspecified atom stereocenters. The van der Waals surface area contributed by atoms with Gasteiger partial charge in [0.1, 0.15) is 12.1 Å². The third kappa shape index (κ3) is 4.24. The minimum atomic E-state index is -3.70. The van der Waals surface area contributed by atoms with E-state index in [-0.39, 0.29) is 16.0 Å². The highest BCUT2D eigenvalue weighted by Gasteiger charge is 2.29. The fourth-order valence-corrected chi connectivity index (χ4v) is 4.95. The van der Waals surface area contributed by atoms with Gasteiger partial charge in [0.2, 0.25) is 10.0 Å². The van der Waals surface area contributed by atoms with E-state index in [9.17, 15) is 12.8 Å². The summed E-state index contributed by atoms with van der Waals surface area (Å²) in [6.07, 6.45) is 1.71. The van der Waals surface area contributed by atoms with Gasteiger partial charge in [-0.1, -0.05) is 11.6 Å². The van der Waals surface area contributed by atoms with E-state index in [1.54, 1.807) is 11.0 Å². The number of sulfonamides is 1. The first-order chi connectivity index (χ1) is 12.7. The van der Waals surface area contributed by atoms with Gasteiger partial charge in [0.25, 0.3) is 0 Å². The van der Waals surface area contributed by atoms with Crippen LogP contribution in [-0.4, -0.2) is 58.1 Å². The second-order valence-electron chi connectivity index (χ2n) is 6.65. The Labute approximate surface area is 168 Å². The number of rotatable bonds is 5. The van der Waals surface area contributed by atoms with Crippen molar-refractivity contribution in [1.29, 1.82) is 0 Å². The summed E-state index contributed by atoms with van der Waals surface area (Å²) in [4.78, 5) is 2.09. The summed E-state index contributed by atoms with van der Waals surface area (Å²) in [7, 11) is -3.70. The predicted molar refractivity (Wildman–Crippen MR) is 103 cm³/mol. The van der Waals surface area contributed by atoms with Gasteiger partial charge in [-0.05, 0) is 44.3 Å². The molecule has 1 aromatic carbocycles. The maximum Gasteiger partial charge on any atom is 0.243 e. The Hall–Kier alpha value is -1.33. The van der Waals surface area contributed by atoms with Crippen LogP contribution in [0.5, 0.6) is 0 Å². The van der Waals surface area contributed by atoms with Crippen LogP contribution in [0.25, 0.3) is 0 Å². The molecule has 1 aromatic heterocycles. The molecule has 1 fully saturated rings. The number of aromatic nitrogens is 3. The molecule has 27 heavy (non-hydrogen) atoms. The molecular formula is C16H21ClFN5O2S2. The molecule has 0 radical (unpaired) electrons. The third-order valence-corrected chi connectivity index (χ3v) is 7.11. The topological polar surface area (TPSA) is 63.4 Å². The Morgan fingerprint density at radius 2 is 1.93 bits per heavy atom. The van der Waals surface area contributed by atoms with Crippen LogP contribution in [0.3, 0.4) is 0 Å². The van der Waals surface area contributed by atoms with Crippen LogP contribution in [0, 0.1) is 10.6 Å². The Morgan fingerprint density at radius 1 is 1.26 bits per heavy atom. The van der Waals surface area contributed by atoms with Gasteiger partial charge in [0, 0.05) is 32.2 Å². The van der Waals surface area contributed by atoms with Gasteiger partial charge in [0.15, 0.2) is 4.77 Å². The van der Waals surface area contributed by atoms with Gasteiger partial charge in [-0.3, -0.25) is 4.90 Å². The molecule has 0 saturated carbocycles. The van der Waals surface area contributed by atoms with Crippen LogP contribution in [0.15, 0.2) is 29.4 Å². The number of piperazine rings is 1. The summed E-state index contributed by atoms with van der Waals surface area (Å²) >= 11 is 11.1. The molecule has 2 heterocycles.